The average molecular weight is 588 g/mol. The van der Waals surface area contributed by atoms with E-state index in [9.17, 15) is 29.1 Å². The number of carbonyl (C=O) groups is 5. The van der Waals surface area contributed by atoms with Crippen LogP contribution < -0.4 is 10.5 Å². The molecule has 0 bridgehead atoms. The van der Waals surface area contributed by atoms with E-state index >= 15 is 0 Å². The molecule has 4 aliphatic rings. The van der Waals surface area contributed by atoms with Crippen molar-refractivity contribution in [1.82, 2.24) is 4.90 Å². The van der Waals surface area contributed by atoms with Crippen molar-refractivity contribution in [2.75, 3.05) is 7.11 Å². The Bertz CT molecular complexity index is 1360. The van der Waals surface area contributed by atoms with Crippen LogP contribution in [0.5, 0.6) is 11.5 Å². The summed E-state index contributed by atoms with van der Waals surface area (Å²) in [5.41, 5.74) is 7.62. The Labute approximate surface area is 213 Å². The molecule has 0 aromatic heterocycles. The molecule has 35 heavy (non-hydrogen) atoms. The van der Waals surface area contributed by atoms with Crippen LogP contribution in [0.3, 0.4) is 0 Å². The number of ether oxygens (including phenoxy) is 1. The molecule has 4 amide bonds. The second-order valence-corrected chi connectivity index (χ2v) is 10.3. The zero-order valence-corrected chi connectivity index (χ0v) is 21.0. The molecule has 1 aromatic rings. The fourth-order valence-corrected chi connectivity index (χ4v) is 6.50. The lowest BCUT2D eigenvalue weighted by Crippen LogP contribution is -2.42. The second-order valence-electron chi connectivity index (χ2n) is 9.13. The van der Waals surface area contributed by atoms with Crippen molar-refractivity contribution in [1.29, 1.82) is 0 Å². The minimum atomic E-state index is -1.12. The molecule has 10 heteroatoms. The first-order valence-electron chi connectivity index (χ1n) is 11.0. The van der Waals surface area contributed by atoms with Gasteiger partial charge < -0.3 is 15.6 Å². The van der Waals surface area contributed by atoms with Gasteiger partial charge >= 0.3 is 6.03 Å². The molecule has 1 aliphatic heterocycles. The largest absolute Gasteiger partial charge is 0.504 e. The Morgan fingerprint density at radius 1 is 1.17 bits per heavy atom. The summed E-state index contributed by atoms with van der Waals surface area (Å²) in [5, 5.41) is 10.4. The number of allylic oxidation sites excluding steroid dienone is 6. The number of urea groups is 1. The highest BCUT2D eigenvalue weighted by Crippen LogP contribution is 2.55. The van der Waals surface area contributed by atoms with Crippen molar-refractivity contribution in [2.45, 2.75) is 25.7 Å². The summed E-state index contributed by atoms with van der Waals surface area (Å²) in [5.74, 6) is -4.60. The van der Waals surface area contributed by atoms with Gasteiger partial charge in [-0.05, 0) is 72.0 Å². The molecule has 1 fully saturated rings. The fourth-order valence-electron chi connectivity index (χ4n) is 5.87. The van der Waals surface area contributed by atoms with Gasteiger partial charge in [0.15, 0.2) is 23.1 Å². The minimum Gasteiger partial charge on any atom is -0.504 e. The highest BCUT2D eigenvalue weighted by molar-refractivity contribution is 14.1. The molecule has 3 aliphatic carbocycles. The normalized spacial score (nSPS) is 27.8. The third kappa shape index (κ3) is 3.29. The minimum absolute atomic E-state index is 0.0492. The number of aromatic hydroxyl groups is 1. The van der Waals surface area contributed by atoms with Crippen molar-refractivity contribution in [3.63, 3.8) is 0 Å². The van der Waals surface area contributed by atoms with Crippen LogP contribution in [0.4, 0.5) is 4.79 Å². The number of amides is 4. The van der Waals surface area contributed by atoms with E-state index in [1.54, 1.807) is 19.1 Å². The van der Waals surface area contributed by atoms with Gasteiger partial charge in [0.2, 0.25) is 11.8 Å². The molecular formula is C25H21IN2O7. The van der Waals surface area contributed by atoms with Gasteiger partial charge in [0, 0.05) is 22.6 Å². The number of methoxy groups -OCH3 is 1. The number of imide groups is 3. The van der Waals surface area contributed by atoms with E-state index in [0.717, 1.165) is 5.57 Å². The molecular weight excluding hydrogens is 567 g/mol. The molecule has 0 spiro atoms. The molecule has 1 aromatic carbocycles. The fraction of sp³-hybridized carbons (Fsp3) is 0.320. The van der Waals surface area contributed by atoms with Gasteiger partial charge in [0.1, 0.15) is 0 Å². The van der Waals surface area contributed by atoms with Crippen LogP contribution >= 0.6 is 22.6 Å². The Morgan fingerprint density at radius 3 is 2.54 bits per heavy atom. The van der Waals surface area contributed by atoms with E-state index in [-0.39, 0.29) is 35.9 Å². The third-order valence-corrected chi connectivity index (χ3v) is 8.21. The number of nitrogens with two attached hydrogens (primary N) is 1. The monoisotopic (exact) mass is 588 g/mol. The Balaban J connectivity index is 1.73. The maximum atomic E-state index is 13.4. The van der Waals surface area contributed by atoms with E-state index < -0.39 is 41.5 Å². The van der Waals surface area contributed by atoms with Crippen molar-refractivity contribution >= 4 is 52.0 Å². The van der Waals surface area contributed by atoms with Crippen molar-refractivity contribution < 1.29 is 33.8 Å². The number of likely N-dealkylation sites (tertiary alicyclic amines) is 1. The van der Waals surface area contributed by atoms with Gasteiger partial charge in [-0.25, -0.2) is 4.79 Å². The number of hydrogen-bond donors (Lipinski definition) is 2. The first-order valence-corrected chi connectivity index (χ1v) is 12.1. The van der Waals surface area contributed by atoms with Crippen LogP contribution in [-0.2, 0) is 19.2 Å². The van der Waals surface area contributed by atoms with Crippen molar-refractivity contribution in [3.8, 4) is 11.5 Å². The number of rotatable bonds is 2. The quantitative estimate of drug-likeness (QED) is 0.234. The average Bonchev–Trinajstić information content (AvgIpc) is 3.08. The van der Waals surface area contributed by atoms with E-state index in [4.69, 9.17) is 10.5 Å². The first-order chi connectivity index (χ1) is 16.6. The second kappa shape index (κ2) is 8.14. The predicted molar refractivity (Wildman–Crippen MR) is 130 cm³/mol. The molecule has 9 nitrogen and oxygen atoms in total. The van der Waals surface area contributed by atoms with Gasteiger partial charge in [-0.15, -0.1) is 0 Å². The molecule has 0 radical (unpaired) electrons. The Kier molecular flexibility index (Phi) is 5.46. The molecule has 1 heterocycles. The Morgan fingerprint density at radius 2 is 1.89 bits per heavy atom. The molecule has 180 valence electrons. The van der Waals surface area contributed by atoms with Gasteiger partial charge in [-0.3, -0.25) is 19.2 Å². The highest BCUT2D eigenvalue weighted by Gasteiger charge is 2.57. The van der Waals surface area contributed by atoms with E-state index in [2.05, 4.69) is 0 Å². The number of carbonyl (C=O) groups excluding carboxylic acids is 5. The van der Waals surface area contributed by atoms with Crippen molar-refractivity contribution in [3.05, 3.63) is 55.7 Å². The summed E-state index contributed by atoms with van der Waals surface area (Å²) >= 11 is 1.96. The van der Waals surface area contributed by atoms with Gasteiger partial charge in [-0.2, -0.15) is 4.90 Å². The molecule has 4 atom stereocenters. The highest BCUT2D eigenvalue weighted by atomic mass is 127. The summed E-state index contributed by atoms with van der Waals surface area (Å²) in [6.45, 7) is 1.59. The van der Waals surface area contributed by atoms with Crippen LogP contribution in [-0.4, -0.2) is 46.5 Å². The van der Waals surface area contributed by atoms with Crippen molar-refractivity contribution in [2.24, 2.45) is 23.5 Å². The summed E-state index contributed by atoms with van der Waals surface area (Å²) < 4.78 is 5.82. The van der Waals surface area contributed by atoms with Crippen LogP contribution in [0.15, 0.2) is 46.6 Å². The lowest BCUT2D eigenvalue weighted by molar-refractivity contribution is -0.136. The number of phenolic OH excluding ortho intramolecular Hbond substituents is 1. The zero-order chi connectivity index (χ0) is 25.3. The Hall–Kier alpha value is -3.28. The molecule has 0 saturated carbocycles. The van der Waals surface area contributed by atoms with E-state index in [1.807, 2.05) is 28.7 Å². The predicted octanol–water partition coefficient (Wildman–Crippen LogP) is 2.51. The van der Waals surface area contributed by atoms with Crippen LogP contribution in [0.1, 0.15) is 31.2 Å². The lowest BCUT2D eigenvalue weighted by Gasteiger charge is -2.42. The maximum absolute atomic E-state index is 13.4. The van der Waals surface area contributed by atoms with E-state index in [1.165, 1.54) is 13.2 Å². The van der Waals surface area contributed by atoms with Gasteiger partial charge in [-0.1, -0.05) is 11.6 Å². The smallest absolute Gasteiger partial charge is 0.328 e. The molecule has 3 N–H and O–H groups in total. The number of benzene rings is 1. The number of primary amides is 1. The van der Waals surface area contributed by atoms with Gasteiger partial charge in [0.05, 0.1) is 22.5 Å². The van der Waals surface area contributed by atoms with Crippen LogP contribution in [0, 0.1) is 21.3 Å². The summed E-state index contributed by atoms with van der Waals surface area (Å²) in [7, 11) is 1.41. The standard InChI is InChI=1S/C25H21IN2O7/c1-9-5-16(29)14-8-13-11(3-4-12-19(13)24(33)28(23(12)32)25(27)34)18(20(14)21(9)30)10-6-15(26)22(31)17(7-10)35-2/h3,5-7,12-13,18-19,31H,4,8H2,1-2H3,(H2,27,34)/t12-,13+,18-,19-/m0/s1. The summed E-state index contributed by atoms with van der Waals surface area (Å²) in [4.78, 5) is 64.8. The topological polar surface area (TPSA) is 144 Å². The SMILES string of the molecule is COc1cc([C@H]2C3=CC[C@@H]4C(=O)N(C(N)=O)C(=O)[C@@H]4[C@@H]3CC3=C2C(=O)C(C)=CC3=O)cc(I)c1O. The van der Waals surface area contributed by atoms with Gasteiger partial charge in [0.25, 0.3) is 0 Å². The first kappa shape index (κ1) is 23.5. The zero-order valence-electron chi connectivity index (χ0n) is 18.8. The number of phenols is 1. The molecule has 1 saturated heterocycles. The van der Waals surface area contributed by atoms with Crippen LogP contribution in [0.2, 0.25) is 0 Å². The lowest BCUT2D eigenvalue weighted by atomic mass is 9.59. The molecule has 0 unspecified atom stereocenters. The number of hydrogen-bond acceptors (Lipinski definition) is 7. The number of Topliss-reactive ketones (excluding diaryl/α,β-unsaturated/α-hetero) is 1. The number of nitrogens with zero attached hydrogens (tertiary/aromatic N) is 1. The maximum Gasteiger partial charge on any atom is 0.328 e. The molecule has 5 rings (SSSR count). The third-order valence-electron chi connectivity index (χ3n) is 7.39. The van der Waals surface area contributed by atoms with Crippen LogP contribution in [0.25, 0.3) is 0 Å². The van der Waals surface area contributed by atoms with E-state index in [0.29, 0.717) is 30.8 Å². The summed E-state index contributed by atoms with van der Waals surface area (Å²) in [6.07, 6.45) is 3.44. The number of fused-ring (bicyclic) bond motifs is 3. The number of ketones is 2. The number of halogens is 1. The summed E-state index contributed by atoms with van der Waals surface area (Å²) in [6, 6.07) is 2.21.